The molecule has 0 heterocycles. The van der Waals surface area contributed by atoms with E-state index in [9.17, 15) is 13.2 Å². The maximum atomic E-state index is 12.6. The second-order valence-corrected chi connectivity index (χ2v) is 5.47. The summed E-state index contributed by atoms with van der Waals surface area (Å²) in [5.74, 6) is 0.596. The van der Waals surface area contributed by atoms with Crippen molar-refractivity contribution in [3.05, 3.63) is 33.8 Å². The summed E-state index contributed by atoms with van der Waals surface area (Å²) in [4.78, 5) is 0. The molecule has 0 aliphatic heterocycles. The molecule has 0 spiro atoms. The van der Waals surface area contributed by atoms with Gasteiger partial charge in [0.25, 0.3) is 0 Å². The average molecular weight is 345 g/mol. The van der Waals surface area contributed by atoms with Crippen LogP contribution in [0.3, 0.4) is 0 Å². The molecule has 0 amide bonds. The van der Waals surface area contributed by atoms with E-state index in [0.29, 0.717) is 16.0 Å². The quantitative estimate of drug-likeness (QED) is 0.846. The largest absolute Gasteiger partial charge is 0.416 e. The Balaban J connectivity index is 0.00000162. The summed E-state index contributed by atoms with van der Waals surface area (Å²) < 4.78 is 38.3. The monoisotopic (exact) mass is 343 g/mol. The van der Waals surface area contributed by atoms with E-state index in [-0.39, 0.29) is 18.4 Å². The summed E-state index contributed by atoms with van der Waals surface area (Å²) in [5.41, 5.74) is 5.84. The molecule has 1 fully saturated rings. The van der Waals surface area contributed by atoms with E-state index in [1.165, 1.54) is 0 Å². The number of hydrogen-bond donors (Lipinski definition) is 1. The van der Waals surface area contributed by atoms with Crippen LogP contribution in [0.4, 0.5) is 13.2 Å². The molecule has 102 valence electrons. The zero-order valence-electron chi connectivity index (χ0n) is 9.51. The van der Waals surface area contributed by atoms with Crippen molar-refractivity contribution in [2.45, 2.75) is 31.5 Å². The van der Waals surface area contributed by atoms with E-state index in [0.717, 1.165) is 31.4 Å². The number of nitrogens with two attached hydrogens (primary N) is 1. The summed E-state index contributed by atoms with van der Waals surface area (Å²) in [7, 11) is 0. The van der Waals surface area contributed by atoms with Gasteiger partial charge in [-0.15, -0.1) is 12.4 Å². The fraction of sp³-hybridized carbons (Fsp3) is 0.500. The lowest BCUT2D eigenvalue weighted by Crippen LogP contribution is -2.13. The third-order valence-corrected chi connectivity index (χ3v) is 3.42. The Morgan fingerprint density at radius 3 is 2.39 bits per heavy atom. The Morgan fingerprint density at radius 2 is 1.89 bits per heavy atom. The first kappa shape index (κ1) is 15.8. The van der Waals surface area contributed by atoms with Crippen LogP contribution in [0.1, 0.15) is 36.4 Å². The molecule has 0 unspecified atom stereocenters. The van der Waals surface area contributed by atoms with Crippen molar-refractivity contribution in [3.63, 3.8) is 0 Å². The normalized spacial score (nSPS) is 17.2. The summed E-state index contributed by atoms with van der Waals surface area (Å²) in [6.07, 6.45) is -1.26. The summed E-state index contributed by atoms with van der Waals surface area (Å²) in [5, 5.41) is 0. The highest BCUT2D eigenvalue weighted by Crippen LogP contribution is 2.38. The number of alkyl halides is 3. The van der Waals surface area contributed by atoms with Crippen LogP contribution in [0.2, 0.25) is 0 Å². The highest BCUT2D eigenvalue weighted by Gasteiger charge is 2.32. The lowest BCUT2D eigenvalue weighted by atomic mass is 10.00. The van der Waals surface area contributed by atoms with Crippen molar-refractivity contribution in [1.29, 1.82) is 0 Å². The lowest BCUT2D eigenvalue weighted by molar-refractivity contribution is -0.137. The molecule has 1 saturated carbocycles. The minimum atomic E-state index is -4.32. The van der Waals surface area contributed by atoms with Crippen LogP contribution in [0.5, 0.6) is 0 Å². The van der Waals surface area contributed by atoms with Crippen LogP contribution in [0.25, 0.3) is 0 Å². The van der Waals surface area contributed by atoms with Gasteiger partial charge in [-0.1, -0.05) is 28.8 Å². The fourth-order valence-corrected chi connectivity index (χ4v) is 2.35. The first-order valence-electron chi connectivity index (χ1n) is 5.49. The molecule has 2 N–H and O–H groups in total. The zero-order valence-corrected chi connectivity index (χ0v) is 11.9. The van der Waals surface area contributed by atoms with Gasteiger partial charge in [-0.2, -0.15) is 13.2 Å². The van der Waals surface area contributed by atoms with Crippen LogP contribution in [0.15, 0.2) is 22.7 Å². The van der Waals surface area contributed by atoms with Crippen molar-refractivity contribution >= 4 is 28.3 Å². The van der Waals surface area contributed by atoms with Crippen LogP contribution in [-0.4, -0.2) is 0 Å². The minimum Gasteiger partial charge on any atom is -0.324 e. The number of rotatable bonds is 3. The van der Waals surface area contributed by atoms with E-state index >= 15 is 0 Å². The Bertz CT molecular complexity index is 418. The predicted molar refractivity (Wildman–Crippen MR) is 70.7 cm³/mol. The first-order chi connectivity index (χ1) is 7.86. The van der Waals surface area contributed by atoms with Crippen molar-refractivity contribution in [2.24, 2.45) is 11.7 Å². The maximum Gasteiger partial charge on any atom is 0.416 e. The molecule has 1 nitrogen and oxygen atoms in total. The second kappa shape index (κ2) is 5.80. The Hall–Kier alpha value is -0.260. The second-order valence-electron chi connectivity index (χ2n) is 4.56. The van der Waals surface area contributed by atoms with Gasteiger partial charge in [-0.05, 0) is 36.1 Å². The third kappa shape index (κ3) is 4.14. The van der Waals surface area contributed by atoms with Gasteiger partial charge in [0, 0.05) is 10.5 Å². The summed E-state index contributed by atoms with van der Waals surface area (Å²) >= 11 is 3.10. The SMILES string of the molecule is Cl.N[C@H](CC1CC1)c1cc(Br)cc(C(F)(F)F)c1. The maximum absolute atomic E-state index is 12.6. The molecule has 18 heavy (non-hydrogen) atoms. The summed E-state index contributed by atoms with van der Waals surface area (Å²) in [6, 6.07) is 3.59. The van der Waals surface area contributed by atoms with Gasteiger partial charge in [0.15, 0.2) is 0 Å². The zero-order chi connectivity index (χ0) is 12.6. The molecule has 1 aliphatic rings. The molecule has 1 atom stereocenters. The molecule has 1 aliphatic carbocycles. The van der Waals surface area contributed by atoms with Gasteiger partial charge in [-0.25, -0.2) is 0 Å². The smallest absolute Gasteiger partial charge is 0.324 e. The van der Waals surface area contributed by atoms with Gasteiger partial charge in [0.1, 0.15) is 0 Å². The van der Waals surface area contributed by atoms with Crippen LogP contribution >= 0.6 is 28.3 Å². The first-order valence-corrected chi connectivity index (χ1v) is 6.29. The van der Waals surface area contributed by atoms with Crippen molar-refractivity contribution < 1.29 is 13.2 Å². The molecule has 1 aromatic carbocycles. The van der Waals surface area contributed by atoms with Gasteiger partial charge < -0.3 is 5.73 Å². The van der Waals surface area contributed by atoms with E-state index < -0.39 is 11.7 Å². The van der Waals surface area contributed by atoms with E-state index in [4.69, 9.17) is 5.73 Å². The highest BCUT2D eigenvalue weighted by atomic mass is 79.9. The molecule has 0 aromatic heterocycles. The van der Waals surface area contributed by atoms with Gasteiger partial charge in [0.2, 0.25) is 0 Å². The van der Waals surface area contributed by atoms with Crippen molar-refractivity contribution in [3.8, 4) is 0 Å². The van der Waals surface area contributed by atoms with E-state index in [2.05, 4.69) is 15.9 Å². The molecule has 1 aromatic rings. The van der Waals surface area contributed by atoms with Gasteiger partial charge >= 0.3 is 6.18 Å². The Labute approximate surface area is 118 Å². The van der Waals surface area contributed by atoms with Crippen LogP contribution < -0.4 is 5.73 Å². The van der Waals surface area contributed by atoms with Crippen molar-refractivity contribution in [2.75, 3.05) is 0 Å². The van der Waals surface area contributed by atoms with Gasteiger partial charge in [0.05, 0.1) is 5.56 Å². The lowest BCUT2D eigenvalue weighted by Gasteiger charge is -2.15. The Morgan fingerprint density at radius 1 is 1.28 bits per heavy atom. The molecule has 0 radical (unpaired) electrons. The Kier molecular flexibility index (Phi) is 5.09. The number of hydrogen-bond acceptors (Lipinski definition) is 1. The number of benzene rings is 1. The molecule has 6 heteroatoms. The van der Waals surface area contributed by atoms with Crippen LogP contribution in [0, 0.1) is 5.92 Å². The van der Waals surface area contributed by atoms with E-state index in [1.807, 2.05) is 0 Å². The van der Waals surface area contributed by atoms with Crippen molar-refractivity contribution in [1.82, 2.24) is 0 Å². The molecular weight excluding hydrogens is 330 g/mol. The molecule has 2 rings (SSSR count). The molecule has 0 bridgehead atoms. The van der Waals surface area contributed by atoms with Crippen LogP contribution in [-0.2, 0) is 6.18 Å². The highest BCUT2D eigenvalue weighted by molar-refractivity contribution is 9.10. The van der Waals surface area contributed by atoms with Gasteiger partial charge in [-0.3, -0.25) is 0 Å². The third-order valence-electron chi connectivity index (χ3n) is 2.96. The predicted octanol–water partition coefficient (Wildman–Crippen LogP) is 4.69. The minimum absolute atomic E-state index is 0. The fourth-order valence-electron chi connectivity index (χ4n) is 1.84. The number of halogens is 5. The van der Waals surface area contributed by atoms with E-state index in [1.54, 1.807) is 6.07 Å². The summed E-state index contributed by atoms with van der Waals surface area (Å²) in [6.45, 7) is 0. The molecular formula is C12H14BrClF3N. The average Bonchev–Trinajstić information content (AvgIpc) is 2.99. The molecule has 0 saturated heterocycles. The topological polar surface area (TPSA) is 26.0 Å². The standard InChI is InChI=1S/C12H13BrF3N.ClH/c13-10-5-8(11(17)3-7-1-2-7)4-9(6-10)12(14,15)16;/h4-7,11H,1-3,17H2;1H/t11-;/m1./s1.